The van der Waals surface area contributed by atoms with Gasteiger partial charge >= 0.3 is 5.97 Å². The molecule has 0 saturated carbocycles. The van der Waals surface area contributed by atoms with Gasteiger partial charge in [0.05, 0.1) is 17.1 Å². The highest BCUT2D eigenvalue weighted by atomic mass is 16.5. The second-order valence-electron chi connectivity index (χ2n) is 11.8. The first-order valence-corrected chi connectivity index (χ1v) is 14.3. The van der Waals surface area contributed by atoms with Crippen molar-refractivity contribution in [3.8, 4) is 11.4 Å². The maximum absolute atomic E-state index is 12.6. The number of ether oxygens (including phenoxy) is 1. The largest absolute Gasteiger partial charge is 0.462 e. The zero-order chi connectivity index (χ0) is 29.1. The number of likely N-dealkylation sites (tertiary alicyclic amines) is 1. The third-order valence-corrected chi connectivity index (χ3v) is 7.64. The maximum atomic E-state index is 12.6. The molecule has 2 unspecified atom stereocenters. The Hall–Kier alpha value is -3.46. The molecule has 1 aromatic carbocycles. The fourth-order valence-corrected chi connectivity index (χ4v) is 5.57. The second-order valence-corrected chi connectivity index (χ2v) is 11.8. The van der Waals surface area contributed by atoms with E-state index in [4.69, 9.17) is 9.72 Å². The number of imidazole rings is 1. The lowest BCUT2D eigenvalue weighted by Gasteiger charge is -2.32. The van der Waals surface area contributed by atoms with E-state index >= 15 is 0 Å². The standard InChI is InChI=1S/C31H43N5O4/c1-19(2)28(31(39)40-20(3)4)32-15-23-10-11-27-26(14-23)33-29(25-13-21(5)30(38)34(7)18-25)36(27)17-24-9-8-12-35(16-24)22(6)37/h10-11,13-14,18-20,24,28,32H,8-9,12,15-17H2,1-7H3. The van der Waals surface area contributed by atoms with E-state index in [1.807, 2.05) is 51.8 Å². The summed E-state index contributed by atoms with van der Waals surface area (Å²) in [5.41, 5.74) is 4.39. The molecule has 2 atom stereocenters. The molecule has 3 aromatic rings. The Balaban J connectivity index is 1.68. The summed E-state index contributed by atoms with van der Waals surface area (Å²) in [6.07, 6.45) is 3.70. The van der Waals surface area contributed by atoms with Crippen molar-refractivity contribution in [2.45, 2.75) is 79.6 Å². The number of benzene rings is 1. The quantitative estimate of drug-likeness (QED) is 0.405. The predicted octanol–water partition coefficient (Wildman–Crippen LogP) is 4.03. The zero-order valence-corrected chi connectivity index (χ0v) is 24.9. The van der Waals surface area contributed by atoms with Crippen molar-refractivity contribution in [1.29, 1.82) is 0 Å². The molecular formula is C31H43N5O4. The van der Waals surface area contributed by atoms with Crippen molar-refractivity contribution >= 4 is 22.9 Å². The van der Waals surface area contributed by atoms with Crippen molar-refractivity contribution in [2.75, 3.05) is 13.1 Å². The van der Waals surface area contributed by atoms with Gasteiger partial charge in [-0.25, -0.2) is 4.98 Å². The van der Waals surface area contributed by atoms with Crippen LogP contribution in [-0.2, 0) is 34.5 Å². The summed E-state index contributed by atoms with van der Waals surface area (Å²) >= 11 is 0. The number of aromatic nitrogens is 3. The predicted molar refractivity (Wildman–Crippen MR) is 157 cm³/mol. The first kappa shape index (κ1) is 29.5. The zero-order valence-electron chi connectivity index (χ0n) is 24.9. The van der Waals surface area contributed by atoms with Gasteiger partial charge in [-0.2, -0.15) is 0 Å². The summed E-state index contributed by atoms with van der Waals surface area (Å²) in [5, 5.41) is 3.38. The minimum atomic E-state index is -0.407. The molecule has 9 nitrogen and oxygen atoms in total. The van der Waals surface area contributed by atoms with E-state index < -0.39 is 6.04 Å². The number of aryl methyl sites for hydroxylation is 2. The Kier molecular flexibility index (Phi) is 9.13. The highest BCUT2D eigenvalue weighted by Gasteiger charge is 2.26. The SMILES string of the molecule is CC(=O)N1CCCC(Cn2c(-c3cc(C)c(=O)n(C)c3)nc3cc(CNC(C(=O)OC(C)C)C(C)C)ccc32)C1. The molecule has 0 bridgehead atoms. The molecular weight excluding hydrogens is 506 g/mol. The summed E-state index contributed by atoms with van der Waals surface area (Å²) < 4.78 is 9.29. The molecule has 1 amide bonds. The number of amides is 1. The molecule has 1 aliphatic rings. The summed E-state index contributed by atoms with van der Waals surface area (Å²) in [4.78, 5) is 44.1. The number of carbonyl (C=O) groups excluding carboxylic acids is 2. The van der Waals surface area contributed by atoms with Crippen LogP contribution in [0, 0.1) is 18.8 Å². The monoisotopic (exact) mass is 549 g/mol. The minimum Gasteiger partial charge on any atom is -0.462 e. The highest BCUT2D eigenvalue weighted by molar-refractivity contribution is 5.81. The summed E-state index contributed by atoms with van der Waals surface area (Å²) in [7, 11) is 1.76. The van der Waals surface area contributed by atoms with E-state index in [2.05, 4.69) is 28.1 Å². The van der Waals surface area contributed by atoms with Crippen LogP contribution in [-0.4, -0.2) is 56.1 Å². The number of esters is 1. The third kappa shape index (κ3) is 6.63. The van der Waals surface area contributed by atoms with Crippen LogP contribution in [0.5, 0.6) is 0 Å². The molecule has 0 radical (unpaired) electrons. The first-order chi connectivity index (χ1) is 18.9. The Morgan fingerprint density at radius 3 is 2.58 bits per heavy atom. The lowest BCUT2D eigenvalue weighted by molar-refractivity contribution is -0.151. The Labute approximate surface area is 236 Å². The Bertz CT molecular complexity index is 1410. The number of fused-ring (bicyclic) bond motifs is 1. The van der Waals surface area contributed by atoms with Crippen LogP contribution < -0.4 is 10.9 Å². The topological polar surface area (TPSA) is 98.5 Å². The molecule has 3 heterocycles. The molecule has 0 spiro atoms. The van der Waals surface area contributed by atoms with Crippen LogP contribution in [0.15, 0.2) is 35.3 Å². The van der Waals surface area contributed by atoms with Crippen molar-refractivity contribution < 1.29 is 14.3 Å². The van der Waals surface area contributed by atoms with E-state index in [0.29, 0.717) is 18.0 Å². The molecule has 1 aliphatic heterocycles. The van der Waals surface area contributed by atoms with Crippen molar-refractivity contribution in [3.05, 3.63) is 51.9 Å². The molecule has 0 aliphatic carbocycles. The van der Waals surface area contributed by atoms with Crippen molar-refractivity contribution in [1.82, 2.24) is 24.3 Å². The van der Waals surface area contributed by atoms with Gasteiger partial charge in [0, 0.05) is 57.5 Å². The third-order valence-electron chi connectivity index (χ3n) is 7.64. The van der Waals surface area contributed by atoms with Crippen molar-refractivity contribution in [2.24, 2.45) is 18.9 Å². The number of rotatable bonds is 9. The molecule has 216 valence electrons. The van der Waals surface area contributed by atoms with Crippen LogP contribution in [0.2, 0.25) is 0 Å². The van der Waals surface area contributed by atoms with Gasteiger partial charge in [0.1, 0.15) is 11.9 Å². The Morgan fingerprint density at radius 2 is 1.93 bits per heavy atom. The van der Waals surface area contributed by atoms with Gasteiger partial charge in [-0.3, -0.25) is 14.4 Å². The van der Waals surface area contributed by atoms with Gasteiger partial charge in [0.15, 0.2) is 0 Å². The number of pyridine rings is 1. The maximum Gasteiger partial charge on any atom is 0.323 e. The normalized spacial score (nSPS) is 16.6. The number of nitrogens with zero attached hydrogens (tertiary/aromatic N) is 4. The van der Waals surface area contributed by atoms with Crippen LogP contribution in [0.25, 0.3) is 22.4 Å². The van der Waals surface area contributed by atoms with Gasteiger partial charge in [-0.1, -0.05) is 19.9 Å². The van der Waals surface area contributed by atoms with E-state index in [1.54, 1.807) is 18.5 Å². The fraction of sp³-hybridized carbons (Fsp3) is 0.548. The summed E-state index contributed by atoms with van der Waals surface area (Å²) in [5.74, 6) is 1.07. The van der Waals surface area contributed by atoms with Gasteiger partial charge in [-0.05, 0) is 69.2 Å². The average Bonchev–Trinajstić information content (AvgIpc) is 3.24. The summed E-state index contributed by atoms with van der Waals surface area (Å²) in [6, 6.07) is 7.71. The molecule has 2 aromatic heterocycles. The molecule has 9 heteroatoms. The van der Waals surface area contributed by atoms with Gasteiger partial charge in [-0.15, -0.1) is 0 Å². The number of piperidine rings is 1. The Morgan fingerprint density at radius 1 is 1.18 bits per heavy atom. The number of hydrogen-bond donors (Lipinski definition) is 1. The van der Waals surface area contributed by atoms with Crippen molar-refractivity contribution in [3.63, 3.8) is 0 Å². The van der Waals surface area contributed by atoms with Crippen LogP contribution in [0.1, 0.15) is 58.6 Å². The first-order valence-electron chi connectivity index (χ1n) is 14.3. The van der Waals surface area contributed by atoms with Crippen LogP contribution in [0.3, 0.4) is 0 Å². The lowest BCUT2D eigenvalue weighted by atomic mass is 9.97. The smallest absolute Gasteiger partial charge is 0.323 e. The molecule has 1 saturated heterocycles. The molecule has 1 N–H and O–H groups in total. The van der Waals surface area contributed by atoms with E-state index in [0.717, 1.165) is 60.5 Å². The van der Waals surface area contributed by atoms with E-state index in [9.17, 15) is 14.4 Å². The number of carbonyl (C=O) groups is 2. The van der Waals surface area contributed by atoms with Gasteiger partial charge in [0.25, 0.3) is 5.56 Å². The van der Waals surface area contributed by atoms with Gasteiger partial charge in [0.2, 0.25) is 5.91 Å². The highest BCUT2D eigenvalue weighted by Crippen LogP contribution is 2.29. The van der Waals surface area contributed by atoms with Crippen LogP contribution in [0.4, 0.5) is 0 Å². The molecule has 40 heavy (non-hydrogen) atoms. The van der Waals surface area contributed by atoms with E-state index in [-0.39, 0.29) is 29.5 Å². The molecule has 1 fully saturated rings. The van der Waals surface area contributed by atoms with E-state index in [1.165, 1.54) is 0 Å². The lowest BCUT2D eigenvalue weighted by Crippen LogP contribution is -2.42. The van der Waals surface area contributed by atoms with Crippen LogP contribution >= 0.6 is 0 Å². The number of nitrogens with one attached hydrogen (secondary N) is 1. The van der Waals surface area contributed by atoms with Gasteiger partial charge < -0.3 is 24.1 Å². The summed E-state index contributed by atoms with van der Waals surface area (Å²) in [6.45, 7) is 13.9. The fourth-order valence-electron chi connectivity index (χ4n) is 5.57. The second kappa shape index (κ2) is 12.4. The minimum absolute atomic E-state index is 0.0279. The number of hydrogen-bond acceptors (Lipinski definition) is 6. The molecule has 4 rings (SSSR count). The average molecular weight is 550 g/mol.